The highest BCUT2D eigenvalue weighted by Crippen LogP contribution is 2.20. The van der Waals surface area contributed by atoms with Gasteiger partial charge in [0.2, 0.25) is 5.95 Å². The average molecular weight is 443 g/mol. The number of nitrogens with zero attached hydrogens (tertiary/aromatic N) is 2. The van der Waals surface area contributed by atoms with E-state index in [2.05, 4.69) is 25.6 Å². The molecule has 1 unspecified atom stereocenters. The van der Waals surface area contributed by atoms with E-state index in [0.29, 0.717) is 22.9 Å². The Balaban J connectivity index is 1.34. The van der Waals surface area contributed by atoms with Gasteiger partial charge in [0.25, 0.3) is 5.91 Å². The molecule has 1 atom stereocenters. The van der Waals surface area contributed by atoms with Crippen molar-refractivity contribution in [1.82, 2.24) is 15.0 Å². The fourth-order valence-electron chi connectivity index (χ4n) is 3.07. The number of hydrogen-bond acceptors (Lipinski definition) is 6. The number of hydrogen-bond donors (Lipinski definition) is 4. The zero-order valence-corrected chi connectivity index (χ0v) is 17.4. The lowest BCUT2D eigenvalue weighted by Gasteiger charge is -2.15. The van der Waals surface area contributed by atoms with E-state index in [9.17, 15) is 14.7 Å². The first kappa shape index (κ1) is 21.6. The van der Waals surface area contributed by atoms with Crippen LogP contribution in [-0.2, 0) is 11.2 Å². The largest absolute Gasteiger partial charge is 0.478 e. The molecule has 0 saturated carbocycles. The van der Waals surface area contributed by atoms with Crippen LogP contribution in [-0.4, -0.2) is 38.0 Å². The number of rotatable bonds is 9. The van der Waals surface area contributed by atoms with E-state index in [-0.39, 0.29) is 12.3 Å². The van der Waals surface area contributed by atoms with Crippen LogP contribution < -0.4 is 15.4 Å². The minimum Gasteiger partial charge on any atom is -0.478 e. The molecule has 2 heterocycles. The monoisotopic (exact) mass is 443 g/mol. The number of aromatic nitrogens is 3. The molecule has 4 aromatic rings. The second-order valence-corrected chi connectivity index (χ2v) is 7.13. The van der Waals surface area contributed by atoms with Crippen LogP contribution >= 0.6 is 0 Å². The first-order valence-electron chi connectivity index (χ1n) is 10.1. The summed E-state index contributed by atoms with van der Waals surface area (Å²) >= 11 is 0. The van der Waals surface area contributed by atoms with Crippen LogP contribution in [0.5, 0.6) is 5.75 Å². The van der Waals surface area contributed by atoms with E-state index < -0.39 is 12.1 Å². The Morgan fingerprint density at radius 2 is 1.76 bits per heavy atom. The molecule has 0 aliphatic heterocycles. The average Bonchev–Trinajstić information content (AvgIpc) is 3.34. The molecule has 0 spiro atoms. The Bertz CT molecular complexity index is 1190. The zero-order valence-electron chi connectivity index (χ0n) is 17.4. The fraction of sp³-hybridized carbons (Fsp3) is 0.0833. The number of carbonyl (C=O) groups excluding carboxylic acids is 1. The van der Waals surface area contributed by atoms with Crippen LogP contribution in [0.2, 0.25) is 0 Å². The molecule has 4 N–H and O–H groups in total. The summed E-state index contributed by atoms with van der Waals surface area (Å²) in [6, 6.07) is 17.1. The summed E-state index contributed by atoms with van der Waals surface area (Å²) in [7, 11) is 0. The van der Waals surface area contributed by atoms with Crippen molar-refractivity contribution in [3.63, 3.8) is 0 Å². The van der Waals surface area contributed by atoms with E-state index in [4.69, 9.17) is 4.74 Å². The second-order valence-electron chi connectivity index (χ2n) is 7.13. The summed E-state index contributed by atoms with van der Waals surface area (Å²) in [5.74, 6) is -0.341. The predicted molar refractivity (Wildman–Crippen MR) is 123 cm³/mol. The number of carboxylic acids is 1. The first-order chi connectivity index (χ1) is 16.1. The lowest BCUT2D eigenvalue weighted by Crippen LogP contribution is -2.29. The Hall–Kier alpha value is -4.66. The van der Waals surface area contributed by atoms with Gasteiger partial charge in [-0.25, -0.2) is 9.78 Å². The minimum atomic E-state index is -1.07. The van der Waals surface area contributed by atoms with Crippen molar-refractivity contribution in [3.8, 4) is 5.75 Å². The van der Waals surface area contributed by atoms with Crippen LogP contribution in [0.1, 0.15) is 15.9 Å². The SMILES string of the molecule is O=C(Nc1ccc(OC(Cc2cccnc2)C(=O)O)cc1)c1ccc(Nc2ncc[nH]2)cc1. The van der Waals surface area contributed by atoms with Crippen LogP contribution in [0, 0.1) is 0 Å². The molecular weight excluding hydrogens is 422 g/mol. The number of H-pyrrole nitrogens is 1. The molecule has 0 saturated heterocycles. The molecule has 0 aliphatic carbocycles. The van der Waals surface area contributed by atoms with Gasteiger partial charge in [-0.15, -0.1) is 0 Å². The highest BCUT2D eigenvalue weighted by molar-refractivity contribution is 6.04. The number of anilines is 3. The standard InChI is InChI=1S/C24H21N5O4/c30-22(17-3-5-19(6-4-17)29-24-26-12-13-27-24)28-18-7-9-20(10-8-18)33-21(23(31)32)14-16-2-1-11-25-15-16/h1-13,15,21H,14H2,(H,28,30)(H,31,32)(H2,26,27,29). The molecule has 9 nitrogen and oxygen atoms in total. The molecule has 0 fully saturated rings. The zero-order chi connectivity index (χ0) is 23.0. The van der Waals surface area contributed by atoms with Crippen molar-refractivity contribution >= 4 is 29.2 Å². The number of carboxylic acid groups (broad SMARTS) is 1. The van der Waals surface area contributed by atoms with Gasteiger partial charge in [0.1, 0.15) is 5.75 Å². The first-order valence-corrected chi connectivity index (χ1v) is 10.1. The summed E-state index contributed by atoms with van der Waals surface area (Å²) in [6.07, 6.45) is 5.72. The van der Waals surface area contributed by atoms with Gasteiger partial charge in [0.15, 0.2) is 6.10 Å². The van der Waals surface area contributed by atoms with Gasteiger partial charge in [0, 0.05) is 48.1 Å². The third-order valence-corrected chi connectivity index (χ3v) is 4.72. The Labute approximate surface area is 189 Å². The molecule has 166 valence electrons. The van der Waals surface area contributed by atoms with Gasteiger partial charge in [-0.3, -0.25) is 9.78 Å². The number of aliphatic carboxylic acids is 1. The summed E-state index contributed by atoms with van der Waals surface area (Å²) < 4.78 is 5.63. The molecule has 1 amide bonds. The highest BCUT2D eigenvalue weighted by atomic mass is 16.5. The maximum absolute atomic E-state index is 12.5. The summed E-state index contributed by atoms with van der Waals surface area (Å²) in [4.78, 5) is 35.1. The van der Waals surface area contributed by atoms with Gasteiger partial charge in [-0.2, -0.15) is 0 Å². The Kier molecular flexibility index (Phi) is 6.60. The molecule has 0 aliphatic rings. The van der Waals surface area contributed by atoms with Gasteiger partial charge in [-0.05, 0) is 60.2 Å². The third kappa shape index (κ3) is 5.95. The summed E-state index contributed by atoms with van der Waals surface area (Å²) in [5, 5.41) is 15.4. The van der Waals surface area contributed by atoms with Crippen molar-refractivity contribution in [2.75, 3.05) is 10.6 Å². The van der Waals surface area contributed by atoms with Gasteiger partial charge < -0.3 is 25.5 Å². The predicted octanol–water partition coefficient (Wildman–Crippen LogP) is 3.88. The van der Waals surface area contributed by atoms with Gasteiger partial charge in [0.05, 0.1) is 0 Å². The molecular formula is C24H21N5O4. The fourth-order valence-corrected chi connectivity index (χ4v) is 3.07. The van der Waals surface area contributed by atoms with Gasteiger partial charge in [-0.1, -0.05) is 6.07 Å². The maximum Gasteiger partial charge on any atom is 0.345 e. The van der Waals surface area contributed by atoms with E-state index in [0.717, 1.165) is 11.3 Å². The lowest BCUT2D eigenvalue weighted by molar-refractivity contribution is -0.145. The number of nitrogens with one attached hydrogen (secondary N) is 3. The molecule has 2 aromatic heterocycles. The topological polar surface area (TPSA) is 129 Å². The quantitative estimate of drug-likeness (QED) is 0.309. The molecule has 0 bridgehead atoms. The minimum absolute atomic E-state index is 0.187. The van der Waals surface area contributed by atoms with Gasteiger partial charge >= 0.3 is 5.97 Å². The maximum atomic E-state index is 12.5. The van der Waals surface area contributed by atoms with E-state index in [1.54, 1.807) is 85.5 Å². The Morgan fingerprint density at radius 1 is 1.00 bits per heavy atom. The van der Waals surface area contributed by atoms with Crippen LogP contribution in [0.3, 0.4) is 0 Å². The third-order valence-electron chi connectivity index (χ3n) is 4.72. The van der Waals surface area contributed by atoms with E-state index >= 15 is 0 Å². The summed E-state index contributed by atoms with van der Waals surface area (Å²) in [5.41, 5.74) is 2.61. The second kappa shape index (κ2) is 10.1. The molecule has 2 aromatic carbocycles. The Morgan fingerprint density at radius 3 is 2.39 bits per heavy atom. The highest BCUT2D eigenvalue weighted by Gasteiger charge is 2.20. The molecule has 0 radical (unpaired) electrons. The van der Waals surface area contributed by atoms with Crippen molar-refractivity contribution < 1.29 is 19.4 Å². The van der Waals surface area contributed by atoms with Crippen LogP contribution in [0.15, 0.2) is 85.5 Å². The number of pyridine rings is 1. The van der Waals surface area contributed by atoms with Crippen molar-refractivity contribution in [3.05, 3.63) is 96.6 Å². The number of carbonyl (C=O) groups is 2. The number of imidazole rings is 1. The van der Waals surface area contributed by atoms with Crippen molar-refractivity contribution in [1.29, 1.82) is 0 Å². The molecule has 9 heteroatoms. The van der Waals surface area contributed by atoms with Crippen LogP contribution in [0.4, 0.5) is 17.3 Å². The number of benzene rings is 2. The molecule has 4 rings (SSSR count). The summed E-state index contributed by atoms with van der Waals surface area (Å²) in [6.45, 7) is 0. The lowest BCUT2D eigenvalue weighted by atomic mass is 10.1. The smallest absolute Gasteiger partial charge is 0.345 e. The number of ether oxygens (including phenoxy) is 1. The number of amides is 1. The normalized spacial score (nSPS) is 11.4. The van der Waals surface area contributed by atoms with E-state index in [1.807, 2.05) is 0 Å². The van der Waals surface area contributed by atoms with Crippen molar-refractivity contribution in [2.24, 2.45) is 0 Å². The van der Waals surface area contributed by atoms with Crippen molar-refractivity contribution in [2.45, 2.75) is 12.5 Å². The molecule has 33 heavy (non-hydrogen) atoms. The number of aromatic amines is 1. The van der Waals surface area contributed by atoms with Crippen LogP contribution in [0.25, 0.3) is 0 Å². The van der Waals surface area contributed by atoms with E-state index in [1.165, 1.54) is 0 Å².